The highest BCUT2D eigenvalue weighted by Gasteiger charge is 2.28. The first-order valence-corrected chi connectivity index (χ1v) is 9.58. The molecule has 1 aliphatic heterocycles. The van der Waals surface area contributed by atoms with Crippen LogP contribution in [0.2, 0.25) is 0 Å². The van der Waals surface area contributed by atoms with E-state index in [0.717, 1.165) is 12.8 Å². The molecule has 7 heteroatoms. The largest absolute Gasteiger partial charge is 0.494 e. The highest BCUT2D eigenvalue weighted by Crippen LogP contribution is 2.25. The molecule has 1 atom stereocenters. The maximum Gasteiger partial charge on any atom is 0.224 e. The van der Waals surface area contributed by atoms with Gasteiger partial charge in [0.15, 0.2) is 5.78 Å². The van der Waals surface area contributed by atoms with Gasteiger partial charge < -0.3 is 15.4 Å². The average Bonchev–Trinajstić information content (AvgIpc) is 3.20. The van der Waals surface area contributed by atoms with Crippen LogP contribution in [-0.2, 0) is 4.79 Å². The van der Waals surface area contributed by atoms with Gasteiger partial charge in [0.2, 0.25) is 5.91 Å². The average molecular weight is 380 g/mol. The van der Waals surface area contributed by atoms with Crippen LogP contribution in [0.1, 0.15) is 42.5 Å². The molecule has 1 aliphatic rings. The Hall–Kier alpha value is -2.98. The summed E-state index contributed by atoms with van der Waals surface area (Å²) in [5.41, 5.74) is 6.71. The van der Waals surface area contributed by atoms with Gasteiger partial charge in [0, 0.05) is 36.5 Å². The summed E-state index contributed by atoms with van der Waals surface area (Å²) in [6, 6.07) is 8.91. The molecule has 2 N–H and O–H groups in total. The Bertz CT molecular complexity index is 906. The van der Waals surface area contributed by atoms with Gasteiger partial charge in [-0.3, -0.25) is 14.6 Å². The number of carbonyl (C=O) groups excluding carboxylic acids is 2. The van der Waals surface area contributed by atoms with Crippen molar-refractivity contribution >= 4 is 22.6 Å². The molecular formula is C21H24N4O3. The van der Waals surface area contributed by atoms with Crippen LogP contribution in [0.5, 0.6) is 5.75 Å². The fourth-order valence-corrected chi connectivity index (χ4v) is 3.43. The fraction of sp³-hybridized carbons (Fsp3) is 0.429. The van der Waals surface area contributed by atoms with E-state index >= 15 is 0 Å². The van der Waals surface area contributed by atoms with Crippen LogP contribution in [-0.4, -0.2) is 47.3 Å². The number of benzene rings is 1. The standard InChI is InChI=1S/C21H24N4O3/c22-9-2-12-28-16-4-5-19-18(13-16)17(8-10-24-19)20(26)6-7-21(27)25-11-1-3-15(25)14-23/h4-5,8,10,13,15H,1-3,6-7,9,11-12,22H2/t15-/m0/s1. The van der Waals surface area contributed by atoms with Gasteiger partial charge in [-0.15, -0.1) is 0 Å². The highest BCUT2D eigenvalue weighted by atomic mass is 16.5. The summed E-state index contributed by atoms with van der Waals surface area (Å²) in [7, 11) is 0. The van der Waals surface area contributed by atoms with Gasteiger partial charge in [0.1, 0.15) is 11.8 Å². The number of hydrogen-bond donors (Lipinski definition) is 1. The zero-order valence-electron chi connectivity index (χ0n) is 15.8. The lowest BCUT2D eigenvalue weighted by molar-refractivity contribution is -0.131. The molecular weight excluding hydrogens is 356 g/mol. The lowest BCUT2D eigenvalue weighted by Crippen LogP contribution is -2.34. The van der Waals surface area contributed by atoms with E-state index in [-0.39, 0.29) is 30.6 Å². The van der Waals surface area contributed by atoms with Gasteiger partial charge in [-0.05, 0) is 50.1 Å². The van der Waals surface area contributed by atoms with Crippen LogP contribution in [0.25, 0.3) is 10.9 Å². The zero-order valence-corrected chi connectivity index (χ0v) is 15.8. The third kappa shape index (κ3) is 4.46. The maximum atomic E-state index is 12.8. The maximum absolute atomic E-state index is 12.8. The summed E-state index contributed by atoms with van der Waals surface area (Å²) >= 11 is 0. The van der Waals surface area contributed by atoms with Crippen molar-refractivity contribution in [2.24, 2.45) is 5.73 Å². The van der Waals surface area contributed by atoms with Gasteiger partial charge >= 0.3 is 0 Å². The molecule has 0 saturated carbocycles. The third-order valence-corrected chi connectivity index (χ3v) is 4.92. The molecule has 28 heavy (non-hydrogen) atoms. The molecule has 3 rings (SSSR count). The van der Waals surface area contributed by atoms with Crippen molar-refractivity contribution in [1.82, 2.24) is 9.88 Å². The number of likely N-dealkylation sites (tertiary alicyclic amines) is 1. The molecule has 0 unspecified atom stereocenters. The Balaban J connectivity index is 1.71. The topological polar surface area (TPSA) is 109 Å². The minimum absolute atomic E-state index is 0.102. The zero-order chi connectivity index (χ0) is 19.9. The second kappa shape index (κ2) is 9.29. The number of carbonyl (C=O) groups is 2. The number of ether oxygens (including phenoxy) is 1. The number of nitrogens with two attached hydrogens (primary N) is 1. The summed E-state index contributed by atoms with van der Waals surface area (Å²) in [4.78, 5) is 31.1. The van der Waals surface area contributed by atoms with E-state index < -0.39 is 0 Å². The third-order valence-electron chi connectivity index (χ3n) is 4.92. The minimum Gasteiger partial charge on any atom is -0.494 e. The highest BCUT2D eigenvalue weighted by molar-refractivity contribution is 6.08. The van der Waals surface area contributed by atoms with Crippen LogP contribution >= 0.6 is 0 Å². The van der Waals surface area contributed by atoms with E-state index in [0.29, 0.717) is 48.3 Å². The summed E-state index contributed by atoms with van der Waals surface area (Å²) in [5.74, 6) is 0.405. The van der Waals surface area contributed by atoms with E-state index in [1.54, 1.807) is 23.2 Å². The Labute approximate surface area is 164 Å². The number of aromatic nitrogens is 1. The second-order valence-corrected chi connectivity index (χ2v) is 6.83. The Morgan fingerprint density at radius 3 is 2.96 bits per heavy atom. The Morgan fingerprint density at radius 1 is 1.32 bits per heavy atom. The Morgan fingerprint density at radius 2 is 2.18 bits per heavy atom. The molecule has 0 aliphatic carbocycles. The van der Waals surface area contributed by atoms with Crippen LogP contribution < -0.4 is 10.5 Å². The number of amides is 1. The summed E-state index contributed by atoms with van der Waals surface area (Å²) < 4.78 is 5.67. The van der Waals surface area contributed by atoms with E-state index in [4.69, 9.17) is 15.7 Å². The quantitative estimate of drug-likeness (QED) is 0.556. The number of nitriles is 1. The van der Waals surface area contributed by atoms with Gasteiger partial charge in [-0.1, -0.05) is 0 Å². The van der Waals surface area contributed by atoms with Gasteiger partial charge in [-0.25, -0.2) is 0 Å². The molecule has 146 valence electrons. The lowest BCUT2D eigenvalue weighted by Gasteiger charge is -2.19. The van der Waals surface area contributed by atoms with Gasteiger partial charge in [-0.2, -0.15) is 5.26 Å². The van der Waals surface area contributed by atoms with Crippen LogP contribution in [0.4, 0.5) is 0 Å². The van der Waals surface area contributed by atoms with Crippen molar-refractivity contribution < 1.29 is 14.3 Å². The summed E-state index contributed by atoms with van der Waals surface area (Å²) in [6.07, 6.45) is 4.09. The summed E-state index contributed by atoms with van der Waals surface area (Å²) in [5, 5.41) is 9.84. The SMILES string of the molecule is N#C[C@@H]1CCCN1C(=O)CCC(=O)c1ccnc2ccc(OCCCN)cc12. The minimum atomic E-state index is -0.363. The molecule has 0 spiro atoms. The first-order chi connectivity index (χ1) is 13.6. The van der Waals surface area contributed by atoms with E-state index in [1.165, 1.54) is 0 Å². The predicted octanol–water partition coefficient (Wildman–Crippen LogP) is 2.44. The number of Topliss-reactive ketones (excluding diaryl/α,β-unsaturated/α-hetero) is 1. The summed E-state index contributed by atoms with van der Waals surface area (Å²) in [6.45, 7) is 1.65. The number of rotatable bonds is 8. The first kappa shape index (κ1) is 19.8. The predicted molar refractivity (Wildman–Crippen MR) is 105 cm³/mol. The van der Waals surface area contributed by atoms with Crippen molar-refractivity contribution in [3.05, 3.63) is 36.0 Å². The molecule has 0 radical (unpaired) electrons. The van der Waals surface area contributed by atoms with Gasteiger partial charge in [0.25, 0.3) is 0 Å². The number of fused-ring (bicyclic) bond motifs is 1. The molecule has 1 fully saturated rings. The molecule has 1 aromatic heterocycles. The normalized spacial score (nSPS) is 16.1. The molecule has 2 heterocycles. The van der Waals surface area contributed by atoms with E-state index in [2.05, 4.69) is 11.1 Å². The Kier molecular flexibility index (Phi) is 6.56. The molecule has 1 saturated heterocycles. The van der Waals surface area contributed by atoms with Crippen molar-refractivity contribution in [1.29, 1.82) is 5.26 Å². The van der Waals surface area contributed by atoms with Crippen LogP contribution in [0.3, 0.4) is 0 Å². The lowest BCUT2D eigenvalue weighted by atomic mass is 10.0. The number of hydrogen-bond acceptors (Lipinski definition) is 6. The number of nitrogens with zero attached hydrogens (tertiary/aromatic N) is 3. The van der Waals surface area contributed by atoms with Crippen molar-refractivity contribution in [3.63, 3.8) is 0 Å². The second-order valence-electron chi connectivity index (χ2n) is 6.83. The van der Waals surface area contributed by atoms with E-state index in [9.17, 15) is 9.59 Å². The molecule has 2 aromatic rings. The van der Waals surface area contributed by atoms with Crippen molar-refractivity contribution in [2.75, 3.05) is 19.7 Å². The number of pyridine rings is 1. The van der Waals surface area contributed by atoms with Crippen molar-refractivity contribution in [3.8, 4) is 11.8 Å². The molecule has 0 bridgehead atoms. The van der Waals surface area contributed by atoms with Gasteiger partial charge in [0.05, 0.1) is 18.2 Å². The molecule has 7 nitrogen and oxygen atoms in total. The van der Waals surface area contributed by atoms with Crippen molar-refractivity contribution in [2.45, 2.75) is 38.1 Å². The molecule has 1 amide bonds. The van der Waals surface area contributed by atoms with Crippen LogP contribution in [0.15, 0.2) is 30.5 Å². The first-order valence-electron chi connectivity index (χ1n) is 9.58. The van der Waals surface area contributed by atoms with Crippen LogP contribution in [0, 0.1) is 11.3 Å². The fourth-order valence-electron chi connectivity index (χ4n) is 3.43. The smallest absolute Gasteiger partial charge is 0.224 e. The monoisotopic (exact) mass is 380 g/mol. The molecule has 1 aromatic carbocycles. The van der Waals surface area contributed by atoms with E-state index in [1.807, 2.05) is 12.1 Å². The number of ketones is 1.